The zero-order valence-electron chi connectivity index (χ0n) is 34.1. The maximum absolute atomic E-state index is 5.49. The minimum Gasteiger partial charge on any atom is -0.292 e. The fourth-order valence-corrected chi connectivity index (χ4v) is 7.68. The summed E-state index contributed by atoms with van der Waals surface area (Å²) in [5, 5.41) is 0. The van der Waals surface area contributed by atoms with Crippen molar-refractivity contribution in [1.29, 1.82) is 0 Å². The number of imidazole rings is 3. The molecule has 0 aliphatic heterocycles. The summed E-state index contributed by atoms with van der Waals surface area (Å²) in [6.45, 7) is 14.4. The molecule has 4 heterocycles. The van der Waals surface area contributed by atoms with Crippen molar-refractivity contribution >= 4 is 33.1 Å². The fourth-order valence-electron chi connectivity index (χ4n) is 7.68. The van der Waals surface area contributed by atoms with Gasteiger partial charge in [0.1, 0.15) is 17.2 Å². The SMILES string of the molecule is CC.CC.Cc1ccccc1-n1c(-c2cc(-c3nc4ccccc4n3-c3ccccc3C)nc(-c3nc4ccccc4n3-c3ccccc3C)c2)nc2ccccc21. The summed E-state index contributed by atoms with van der Waals surface area (Å²) in [4.78, 5) is 21.4. The Bertz CT molecular complexity index is 2710. The molecule has 0 atom stereocenters. The predicted octanol–water partition coefficient (Wildman–Crippen LogP) is 13.1. The van der Waals surface area contributed by atoms with Crippen LogP contribution in [0.3, 0.4) is 0 Å². The summed E-state index contributed by atoms with van der Waals surface area (Å²) < 4.78 is 6.73. The summed E-state index contributed by atoms with van der Waals surface area (Å²) in [5.41, 5.74) is 14.7. The molecule has 4 aromatic heterocycles. The monoisotopic (exact) mass is 757 g/mol. The summed E-state index contributed by atoms with van der Waals surface area (Å²) in [6, 6.07) is 54.5. The van der Waals surface area contributed by atoms with Crippen molar-refractivity contribution in [2.24, 2.45) is 0 Å². The molecule has 0 radical (unpaired) electrons. The number of fused-ring (bicyclic) bond motifs is 3. The van der Waals surface area contributed by atoms with Crippen LogP contribution in [0.4, 0.5) is 0 Å². The molecule has 0 spiro atoms. The van der Waals surface area contributed by atoms with Gasteiger partial charge >= 0.3 is 0 Å². The zero-order chi connectivity index (χ0) is 40.3. The molecule has 0 amide bonds. The van der Waals surface area contributed by atoms with Gasteiger partial charge in [-0.15, -0.1) is 0 Å². The highest BCUT2D eigenvalue weighted by molar-refractivity contribution is 5.88. The molecule has 7 heteroatoms. The third kappa shape index (κ3) is 6.54. The molecule has 10 aromatic rings. The highest BCUT2D eigenvalue weighted by Gasteiger charge is 2.24. The van der Waals surface area contributed by atoms with Gasteiger partial charge in [-0.1, -0.05) is 119 Å². The molecular formula is C51H47N7. The molecule has 0 fully saturated rings. The van der Waals surface area contributed by atoms with Crippen molar-refractivity contribution in [2.45, 2.75) is 48.5 Å². The lowest BCUT2D eigenvalue weighted by molar-refractivity contribution is 1.04. The van der Waals surface area contributed by atoms with E-state index in [4.69, 9.17) is 19.9 Å². The van der Waals surface area contributed by atoms with Gasteiger partial charge in [-0.25, -0.2) is 19.9 Å². The first-order valence-corrected chi connectivity index (χ1v) is 20.2. The number of hydrogen-bond donors (Lipinski definition) is 0. The lowest BCUT2D eigenvalue weighted by atomic mass is 10.1. The topological polar surface area (TPSA) is 66.3 Å². The van der Waals surface area contributed by atoms with E-state index in [0.717, 1.165) is 89.9 Å². The Morgan fingerprint density at radius 2 is 0.621 bits per heavy atom. The van der Waals surface area contributed by atoms with Crippen molar-refractivity contribution < 1.29 is 0 Å². The second kappa shape index (κ2) is 16.2. The summed E-state index contributed by atoms with van der Waals surface area (Å²) in [6.07, 6.45) is 0. The average molecular weight is 758 g/mol. The van der Waals surface area contributed by atoms with Crippen molar-refractivity contribution in [3.63, 3.8) is 0 Å². The number of nitrogens with zero attached hydrogens (tertiary/aromatic N) is 7. The van der Waals surface area contributed by atoms with Crippen LogP contribution in [0.5, 0.6) is 0 Å². The Morgan fingerprint density at radius 3 is 0.983 bits per heavy atom. The first-order chi connectivity index (χ1) is 28.5. The van der Waals surface area contributed by atoms with Gasteiger partial charge in [0.25, 0.3) is 0 Å². The van der Waals surface area contributed by atoms with E-state index in [9.17, 15) is 0 Å². The highest BCUT2D eigenvalue weighted by atomic mass is 15.1. The predicted molar refractivity (Wildman–Crippen MR) is 241 cm³/mol. The van der Waals surface area contributed by atoms with E-state index in [1.54, 1.807) is 0 Å². The molecule has 286 valence electrons. The van der Waals surface area contributed by atoms with Crippen LogP contribution in [0, 0.1) is 20.8 Å². The third-order valence-corrected chi connectivity index (χ3v) is 10.3. The van der Waals surface area contributed by atoms with Gasteiger partial charge in [0.15, 0.2) is 11.6 Å². The van der Waals surface area contributed by atoms with Crippen LogP contribution in [0.15, 0.2) is 158 Å². The first-order valence-electron chi connectivity index (χ1n) is 20.2. The van der Waals surface area contributed by atoms with Crippen LogP contribution in [0.1, 0.15) is 44.4 Å². The van der Waals surface area contributed by atoms with Gasteiger partial charge < -0.3 is 0 Å². The van der Waals surface area contributed by atoms with Gasteiger partial charge in [-0.3, -0.25) is 13.7 Å². The Labute approximate surface area is 340 Å². The number of benzene rings is 6. The number of pyridine rings is 1. The van der Waals surface area contributed by atoms with Crippen molar-refractivity contribution in [2.75, 3.05) is 0 Å². The summed E-state index contributed by atoms with van der Waals surface area (Å²) in [5.74, 6) is 2.30. The van der Waals surface area contributed by atoms with E-state index < -0.39 is 0 Å². The molecular weight excluding hydrogens is 711 g/mol. The third-order valence-electron chi connectivity index (χ3n) is 10.3. The second-order valence-corrected chi connectivity index (χ2v) is 13.8. The lowest BCUT2D eigenvalue weighted by Gasteiger charge is -2.16. The molecule has 10 rings (SSSR count). The summed E-state index contributed by atoms with van der Waals surface area (Å²) >= 11 is 0. The Kier molecular flexibility index (Phi) is 10.5. The van der Waals surface area contributed by atoms with Gasteiger partial charge in [-0.05, 0) is 104 Å². The van der Waals surface area contributed by atoms with Crippen LogP contribution in [-0.4, -0.2) is 33.6 Å². The van der Waals surface area contributed by atoms with Gasteiger partial charge in [-0.2, -0.15) is 0 Å². The molecule has 0 unspecified atom stereocenters. The normalized spacial score (nSPS) is 11.0. The highest BCUT2D eigenvalue weighted by Crippen LogP contribution is 2.38. The zero-order valence-corrected chi connectivity index (χ0v) is 34.1. The molecule has 0 saturated heterocycles. The molecule has 0 saturated carbocycles. The molecule has 0 N–H and O–H groups in total. The van der Waals surface area contributed by atoms with Crippen LogP contribution in [0.2, 0.25) is 0 Å². The first kappa shape index (κ1) is 37.8. The van der Waals surface area contributed by atoms with Crippen LogP contribution < -0.4 is 0 Å². The van der Waals surface area contributed by atoms with Gasteiger partial charge in [0, 0.05) is 5.56 Å². The number of rotatable bonds is 6. The largest absolute Gasteiger partial charge is 0.292 e. The second-order valence-electron chi connectivity index (χ2n) is 13.8. The van der Waals surface area contributed by atoms with Crippen LogP contribution in [0.25, 0.3) is 84.6 Å². The fraction of sp³-hybridized carbons (Fsp3) is 0.137. The van der Waals surface area contributed by atoms with E-state index >= 15 is 0 Å². The Morgan fingerprint density at radius 1 is 0.328 bits per heavy atom. The van der Waals surface area contributed by atoms with Crippen LogP contribution >= 0.6 is 0 Å². The van der Waals surface area contributed by atoms with E-state index in [-0.39, 0.29) is 0 Å². The molecule has 7 nitrogen and oxygen atoms in total. The number of hydrogen-bond acceptors (Lipinski definition) is 4. The van der Waals surface area contributed by atoms with E-state index in [0.29, 0.717) is 11.4 Å². The number of para-hydroxylation sites is 9. The molecule has 6 aromatic carbocycles. The van der Waals surface area contributed by atoms with E-state index in [1.165, 1.54) is 0 Å². The Balaban J connectivity index is 0.00000114. The minimum absolute atomic E-state index is 0.716. The van der Waals surface area contributed by atoms with E-state index in [2.05, 4.69) is 174 Å². The van der Waals surface area contributed by atoms with Crippen molar-refractivity contribution in [1.82, 2.24) is 33.6 Å². The maximum atomic E-state index is 5.49. The number of aryl methyl sites for hydroxylation is 3. The standard InChI is InChI=1S/C47H35N7.2C2H6/c1-30-16-4-10-22-39(30)52-42-25-13-7-19-34(42)49-45(52)33-28-37(46-50-35-20-8-14-26-43(35)53(46)40-23-11-5-17-31(40)2)48-38(29-33)47-51-36-21-9-15-27-44(36)54(47)41-24-12-6-18-32(41)3;2*1-2/h4-29H,1-3H3;2*1-2H3. The average Bonchev–Trinajstić information content (AvgIpc) is 3.98. The van der Waals surface area contributed by atoms with Gasteiger partial charge in [0.2, 0.25) is 0 Å². The van der Waals surface area contributed by atoms with E-state index in [1.807, 2.05) is 45.9 Å². The number of aromatic nitrogens is 7. The molecule has 0 aliphatic rings. The van der Waals surface area contributed by atoms with Crippen molar-refractivity contribution in [3.8, 4) is 51.5 Å². The van der Waals surface area contributed by atoms with Crippen molar-refractivity contribution in [3.05, 3.63) is 174 Å². The Hall–Kier alpha value is -7.12. The van der Waals surface area contributed by atoms with Crippen LogP contribution in [-0.2, 0) is 0 Å². The maximum Gasteiger partial charge on any atom is 0.164 e. The minimum atomic E-state index is 0.716. The molecule has 0 aliphatic carbocycles. The summed E-state index contributed by atoms with van der Waals surface area (Å²) in [7, 11) is 0. The molecule has 0 bridgehead atoms. The van der Waals surface area contributed by atoms with Gasteiger partial charge in [0.05, 0.1) is 50.2 Å². The quantitative estimate of drug-likeness (QED) is 0.169. The smallest absolute Gasteiger partial charge is 0.164 e. The lowest BCUT2D eigenvalue weighted by Crippen LogP contribution is -2.05. The molecule has 58 heavy (non-hydrogen) atoms.